The molecule has 2 aromatic rings. The Labute approximate surface area is 128 Å². The normalized spacial score (nSPS) is 25.9. The van der Waals surface area contributed by atoms with Gasteiger partial charge in [-0.15, -0.1) is 11.3 Å². The van der Waals surface area contributed by atoms with Gasteiger partial charge in [-0.2, -0.15) is 0 Å². The van der Waals surface area contributed by atoms with Crippen LogP contribution in [0.5, 0.6) is 0 Å². The summed E-state index contributed by atoms with van der Waals surface area (Å²) in [4.78, 5) is 7.22. The summed E-state index contributed by atoms with van der Waals surface area (Å²) in [6.07, 6.45) is 0.353. The van der Waals surface area contributed by atoms with Crippen molar-refractivity contribution in [1.29, 1.82) is 0 Å². The van der Waals surface area contributed by atoms with Crippen LogP contribution in [0.4, 0.5) is 0 Å². The highest BCUT2D eigenvalue weighted by atomic mass is 32.1. The summed E-state index contributed by atoms with van der Waals surface area (Å²) in [6.45, 7) is 4.80. The second-order valence-corrected chi connectivity index (χ2v) is 6.53. The molecule has 0 unspecified atom stereocenters. The molecule has 0 aliphatic carbocycles. The quantitative estimate of drug-likeness (QED) is 0.941. The molecular weight excluding hydrogens is 282 g/mol. The van der Waals surface area contributed by atoms with Gasteiger partial charge in [-0.1, -0.05) is 30.3 Å². The van der Waals surface area contributed by atoms with E-state index in [4.69, 9.17) is 9.72 Å². The number of morpholine rings is 1. The van der Waals surface area contributed by atoms with E-state index in [2.05, 4.69) is 39.9 Å². The van der Waals surface area contributed by atoms with Crippen LogP contribution in [0.2, 0.25) is 0 Å². The highest BCUT2D eigenvalue weighted by Gasteiger charge is 2.35. The van der Waals surface area contributed by atoms with E-state index in [1.165, 1.54) is 5.56 Å². The van der Waals surface area contributed by atoms with Gasteiger partial charge in [0.25, 0.3) is 0 Å². The number of nitrogens with zero attached hydrogens (tertiary/aromatic N) is 2. The molecular formula is C16H19N3OS. The molecule has 5 heteroatoms. The van der Waals surface area contributed by atoms with Gasteiger partial charge in [0.05, 0.1) is 18.4 Å². The summed E-state index contributed by atoms with van der Waals surface area (Å²) in [6, 6.07) is 10.9. The Balaban J connectivity index is 1.43. The largest absolute Gasteiger partial charge is 0.374 e. The van der Waals surface area contributed by atoms with Crippen molar-refractivity contribution in [2.24, 2.45) is 0 Å². The molecule has 2 saturated heterocycles. The maximum atomic E-state index is 5.82. The smallest absolute Gasteiger partial charge is 0.123 e. The van der Waals surface area contributed by atoms with E-state index in [1.54, 1.807) is 11.3 Å². The summed E-state index contributed by atoms with van der Waals surface area (Å²) in [5.74, 6) is 0. The van der Waals surface area contributed by atoms with Crippen molar-refractivity contribution in [3.63, 3.8) is 0 Å². The molecule has 3 heterocycles. The van der Waals surface area contributed by atoms with E-state index < -0.39 is 0 Å². The molecule has 2 aliphatic heterocycles. The number of thiazole rings is 1. The summed E-state index contributed by atoms with van der Waals surface area (Å²) < 4.78 is 5.82. The molecule has 2 fully saturated rings. The standard InChI is InChI=1S/C16H19N3OS/c1-2-4-12(5-3-1)16-18-13(11-21-16)8-19-9-14-15(10-19)20-7-6-17-14/h1-5,11,14-15,17H,6-10H2/t14-,15-/m0/s1. The van der Waals surface area contributed by atoms with Gasteiger partial charge in [-0.05, 0) is 0 Å². The number of aromatic nitrogens is 1. The zero-order chi connectivity index (χ0) is 14.1. The fraction of sp³-hybridized carbons (Fsp3) is 0.438. The fourth-order valence-corrected chi connectivity index (χ4v) is 3.94. The number of likely N-dealkylation sites (tertiary alicyclic amines) is 1. The summed E-state index contributed by atoms with van der Waals surface area (Å²) in [7, 11) is 0. The highest BCUT2D eigenvalue weighted by Crippen LogP contribution is 2.25. The van der Waals surface area contributed by atoms with Gasteiger partial charge < -0.3 is 10.1 Å². The number of benzene rings is 1. The predicted octanol–water partition coefficient (Wildman–Crippen LogP) is 1.98. The van der Waals surface area contributed by atoms with Crippen molar-refractivity contribution in [2.75, 3.05) is 26.2 Å². The molecule has 1 N–H and O–H groups in total. The van der Waals surface area contributed by atoms with E-state index in [1.807, 2.05) is 6.07 Å². The van der Waals surface area contributed by atoms with Crippen molar-refractivity contribution in [3.8, 4) is 10.6 Å². The Hall–Kier alpha value is -1.27. The van der Waals surface area contributed by atoms with E-state index in [-0.39, 0.29) is 0 Å². The van der Waals surface area contributed by atoms with Crippen molar-refractivity contribution in [1.82, 2.24) is 15.2 Å². The van der Waals surface area contributed by atoms with Crippen molar-refractivity contribution < 1.29 is 4.74 Å². The Morgan fingerprint density at radius 3 is 3.05 bits per heavy atom. The van der Waals surface area contributed by atoms with Gasteiger partial charge in [0.2, 0.25) is 0 Å². The molecule has 0 saturated carbocycles. The first kappa shape index (κ1) is 13.4. The van der Waals surface area contributed by atoms with E-state index in [0.29, 0.717) is 12.1 Å². The zero-order valence-electron chi connectivity index (χ0n) is 11.9. The molecule has 2 atom stereocenters. The second kappa shape index (κ2) is 5.85. The SMILES string of the molecule is c1ccc(-c2nc(CN3C[C@@H]4NCCO[C@H]4C3)cs2)cc1. The molecule has 110 valence electrons. The van der Waals surface area contributed by atoms with Gasteiger partial charge in [-0.25, -0.2) is 4.98 Å². The molecule has 0 amide bonds. The number of ether oxygens (including phenoxy) is 1. The van der Waals surface area contributed by atoms with Gasteiger partial charge in [0.15, 0.2) is 0 Å². The lowest BCUT2D eigenvalue weighted by molar-refractivity contribution is 0.0175. The van der Waals surface area contributed by atoms with Crippen LogP contribution in [-0.2, 0) is 11.3 Å². The van der Waals surface area contributed by atoms with E-state index in [0.717, 1.165) is 43.5 Å². The molecule has 1 aromatic heterocycles. The Bertz CT molecular complexity index is 587. The third-order valence-electron chi connectivity index (χ3n) is 4.14. The van der Waals surface area contributed by atoms with Crippen molar-refractivity contribution >= 4 is 11.3 Å². The number of nitrogens with one attached hydrogen (secondary N) is 1. The van der Waals surface area contributed by atoms with Crippen molar-refractivity contribution in [2.45, 2.75) is 18.7 Å². The molecule has 0 radical (unpaired) electrons. The lowest BCUT2D eigenvalue weighted by atomic mass is 10.2. The number of hydrogen-bond donors (Lipinski definition) is 1. The second-order valence-electron chi connectivity index (χ2n) is 5.67. The number of rotatable bonds is 3. The van der Waals surface area contributed by atoms with Gasteiger partial charge in [0.1, 0.15) is 5.01 Å². The monoisotopic (exact) mass is 301 g/mol. The topological polar surface area (TPSA) is 37.4 Å². The van der Waals surface area contributed by atoms with Crippen LogP contribution in [0.15, 0.2) is 35.7 Å². The first-order valence-electron chi connectivity index (χ1n) is 7.46. The van der Waals surface area contributed by atoms with Crippen LogP contribution in [0.25, 0.3) is 10.6 Å². The maximum absolute atomic E-state index is 5.82. The summed E-state index contributed by atoms with van der Waals surface area (Å²) in [5.41, 5.74) is 2.37. The maximum Gasteiger partial charge on any atom is 0.123 e. The average Bonchev–Trinajstić information content (AvgIpc) is 3.14. The van der Waals surface area contributed by atoms with Gasteiger partial charge in [0, 0.05) is 43.2 Å². The van der Waals surface area contributed by atoms with Gasteiger partial charge in [-0.3, -0.25) is 4.90 Å². The van der Waals surface area contributed by atoms with Crippen molar-refractivity contribution in [3.05, 3.63) is 41.4 Å². The molecule has 21 heavy (non-hydrogen) atoms. The van der Waals surface area contributed by atoms with Gasteiger partial charge >= 0.3 is 0 Å². The molecule has 0 spiro atoms. The highest BCUT2D eigenvalue weighted by molar-refractivity contribution is 7.13. The fourth-order valence-electron chi connectivity index (χ4n) is 3.12. The minimum Gasteiger partial charge on any atom is -0.374 e. The third kappa shape index (κ3) is 2.87. The van der Waals surface area contributed by atoms with Crippen LogP contribution < -0.4 is 5.32 Å². The Morgan fingerprint density at radius 2 is 2.19 bits per heavy atom. The van der Waals surface area contributed by atoms with Crippen LogP contribution in [-0.4, -0.2) is 48.3 Å². The summed E-state index contributed by atoms with van der Waals surface area (Å²) >= 11 is 1.73. The molecule has 4 nitrogen and oxygen atoms in total. The van der Waals surface area contributed by atoms with E-state index >= 15 is 0 Å². The van der Waals surface area contributed by atoms with Crippen LogP contribution >= 0.6 is 11.3 Å². The molecule has 4 rings (SSSR count). The molecule has 1 aromatic carbocycles. The van der Waals surface area contributed by atoms with Crippen LogP contribution in [0.1, 0.15) is 5.69 Å². The third-order valence-corrected chi connectivity index (χ3v) is 5.08. The average molecular weight is 301 g/mol. The number of fused-ring (bicyclic) bond motifs is 1. The lowest BCUT2D eigenvalue weighted by Gasteiger charge is -2.25. The predicted molar refractivity (Wildman–Crippen MR) is 84.4 cm³/mol. The summed E-state index contributed by atoms with van der Waals surface area (Å²) in [5, 5.41) is 6.83. The van der Waals surface area contributed by atoms with E-state index in [9.17, 15) is 0 Å². The van der Waals surface area contributed by atoms with Crippen LogP contribution in [0.3, 0.4) is 0 Å². The first-order valence-corrected chi connectivity index (χ1v) is 8.33. The molecule has 2 aliphatic rings. The number of hydrogen-bond acceptors (Lipinski definition) is 5. The lowest BCUT2D eigenvalue weighted by Crippen LogP contribution is -2.47. The zero-order valence-corrected chi connectivity index (χ0v) is 12.7. The molecule has 0 bridgehead atoms. The minimum atomic E-state index is 0.353. The Kier molecular flexibility index (Phi) is 3.73. The first-order chi connectivity index (χ1) is 10.4. The minimum absolute atomic E-state index is 0.353. The van der Waals surface area contributed by atoms with Crippen LogP contribution in [0, 0.1) is 0 Å². The Morgan fingerprint density at radius 1 is 1.29 bits per heavy atom.